The molecule has 0 fully saturated rings. The summed E-state index contributed by atoms with van der Waals surface area (Å²) in [4.78, 5) is 37.5. The molecule has 0 bridgehead atoms. The molecule has 1 atom stereocenters. The zero-order valence-electron chi connectivity index (χ0n) is 18.6. The highest BCUT2D eigenvalue weighted by molar-refractivity contribution is 5.95. The summed E-state index contributed by atoms with van der Waals surface area (Å²) in [5, 5.41) is 20.9. The number of carboxylic acid groups (broad SMARTS) is 1. The highest BCUT2D eigenvalue weighted by Gasteiger charge is 2.22. The van der Waals surface area contributed by atoms with Crippen molar-refractivity contribution in [2.75, 3.05) is 5.32 Å². The number of carboxylic acids is 1. The van der Waals surface area contributed by atoms with Crippen LogP contribution in [-0.4, -0.2) is 21.6 Å². The van der Waals surface area contributed by atoms with Gasteiger partial charge in [0.2, 0.25) is 5.91 Å². The van der Waals surface area contributed by atoms with Gasteiger partial charge < -0.3 is 15.0 Å². The summed E-state index contributed by atoms with van der Waals surface area (Å²) in [6.07, 6.45) is 1.88. The number of hydrogen-bond donors (Lipinski definition) is 2. The molecular formula is C28H21N3O4. The number of aromatic nitrogens is 1. The third kappa shape index (κ3) is 5.52. The molecule has 0 aliphatic carbocycles. The van der Waals surface area contributed by atoms with Crippen molar-refractivity contribution in [2.45, 2.75) is 12.5 Å². The fraction of sp³-hybridized carbons (Fsp3) is 0.0714. The van der Waals surface area contributed by atoms with Crippen LogP contribution in [0.4, 0.5) is 5.69 Å². The van der Waals surface area contributed by atoms with E-state index >= 15 is 0 Å². The van der Waals surface area contributed by atoms with Gasteiger partial charge in [0, 0.05) is 24.4 Å². The predicted molar refractivity (Wildman–Crippen MR) is 132 cm³/mol. The number of benzene rings is 3. The quantitative estimate of drug-likeness (QED) is 0.419. The maximum atomic E-state index is 13.3. The molecule has 3 aromatic carbocycles. The van der Waals surface area contributed by atoms with E-state index in [1.807, 2.05) is 30.3 Å². The zero-order valence-corrected chi connectivity index (χ0v) is 18.6. The molecular weight excluding hydrogens is 442 g/mol. The summed E-state index contributed by atoms with van der Waals surface area (Å²) >= 11 is 0. The van der Waals surface area contributed by atoms with Crippen molar-refractivity contribution in [3.63, 3.8) is 0 Å². The lowest BCUT2D eigenvalue weighted by molar-refractivity contribution is -0.119. The molecule has 0 aliphatic rings. The van der Waals surface area contributed by atoms with Crippen LogP contribution >= 0.6 is 0 Å². The molecule has 172 valence electrons. The van der Waals surface area contributed by atoms with Gasteiger partial charge >= 0.3 is 5.97 Å². The zero-order chi connectivity index (χ0) is 24.8. The predicted octanol–water partition coefficient (Wildman–Crippen LogP) is 4.51. The van der Waals surface area contributed by atoms with Crippen molar-refractivity contribution in [1.29, 1.82) is 5.26 Å². The summed E-state index contributed by atoms with van der Waals surface area (Å²) in [7, 11) is 0. The van der Waals surface area contributed by atoms with Crippen LogP contribution in [0.5, 0.6) is 0 Å². The Morgan fingerprint density at radius 1 is 0.914 bits per heavy atom. The number of carbonyl (C=O) groups excluding carboxylic acids is 1. The van der Waals surface area contributed by atoms with Gasteiger partial charge in [-0.1, -0.05) is 42.5 Å². The molecule has 0 spiro atoms. The summed E-state index contributed by atoms with van der Waals surface area (Å²) in [6.45, 7) is 0. The number of carbonyl (C=O) groups is 2. The largest absolute Gasteiger partial charge is 0.478 e. The van der Waals surface area contributed by atoms with Crippen molar-refractivity contribution in [1.82, 2.24) is 4.57 Å². The van der Waals surface area contributed by atoms with Gasteiger partial charge in [0.1, 0.15) is 6.04 Å². The van der Waals surface area contributed by atoms with Crippen molar-refractivity contribution < 1.29 is 14.7 Å². The molecule has 0 saturated heterocycles. The maximum absolute atomic E-state index is 13.3. The van der Waals surface area contributed by atoms with Gasteiger partial charge in [0.15, 0.2) is 0 Å². The number of rotatable bonds is 7. The minimum atomic E-state index is -1.06. The molecule has 2 N–H and O–H groups in total. The van der Waals surface area contributed by atoms with E-state index in [0.29, 0.717) is 16.8 Å². The van der Waals surface area contributed by atoms with E-state index in [-0.39, 0.29) is 17.5 Å². The number of aromatic carboxylic acids is 1. The summed E-state index contributed by atoms with van der Waals surface area (Å²) in [5.74, 6) is -1.45. The van der Waals surface area contributed by atoms with E-state index in [2.05, 4.69) is 11.4 Å². The lowest BCUT2D eigenvalue weighted by Gasteiger charge is -2.20. The minimum Gasteiger partial charge on any atom is -0.478 e. The number of anilines is 1. The van der Waals surface area contributed by atoms with Crippen LogP contribution in [0.15, 0.2) is 102 Å². The van der Waals surface area contributed by atoms with E-state index in [9.17, 15) is 14.4 Å². The molecule has 1 unspecified atom stereocenters. The Morgan fingerprint density at radius 3 is 2.20 bits per heavy atom. The first kappa shape index (κ1) is 23.2. The van der Waals surface area contributed by atoms with E-state index in [1.165, 1.54) is 34.9 Å². The summed E-state index contributed by atoms with van der Waals surface area (Å²) in [5.41, 5.74) is 3.08. The molecule has 7 nitrogen and oxygen atoms in total. The van der Waals surface area contributed by atoms with Gasteiger partial charge in [0.05, 0.1) is 17.2 Å². The van der Waals surface area contributed by atoms with Gasteiger partial charge in [-0.25, -0.2) is 4.79 Å². The standard InChI is InChI=1S/C28H21N3O4/c29-18-20-6-8-21(9-7-20)23-14-15-31(26(32)17-23)25(16-19-4-2-1-3-5-19)27(33)30-24-12-10-22(11-13-24)28(34)35/h1-15,17,25H,16H2,(H,30,33)(H,34,35). The number of amides is 1. The molecule has 7 heteroatoms. The van der Waals surface area contributed by atoms with Gasteiger partial charge in [-0.05, 0) is 59.2 Å². The third-order valence-electron chi connectivity index (χ3n) is 5.61. The van der Waals surface area contributed by atoms with Crippen LogP contribution in [0, 0.1) is 11.3 Å². The molecule has 1 aromatic heterocycles. The first-order valence-electron chi connectivity index (χ1n) is 10.9. The Morgan fingerprint density at radius 2 is 1.60 bits per heavy atom. The average molecular weight is 463 g/mol. The van der Waals surface area contributed by atoms with Gasteiger partial charge in [0.25, 0.3) is 5.56 Å². The Balaban J connectivity index is 1.65. The van der Waals surface area contributed by atoms with Crippen LogP contribution in [0.1, 0.15) is 27.5 Å². The van der Waals surface area contributed by atoms with Crippen LogP contribution < -0.4 is 10.9 Å². The van der Waals surface area contributed by atoms with Crippen molar-refractivity contribution in [3.8, 4) is 17.2 Å². The number of hydrogen-bond acceptors (Lipinski definition) is 4. The summed E-state index contributed by atoms with van der Waals surface area (Å²) < 4.78 is 1.39. The molecule has 0 radical (unpaired) electrons. The Kier molecular flexibility index (Phi) is 6.84. The average Bonchev–Trinajstić information content (AvgIpc) is 2.88. The van der Waals surface area contributed by atoms with Crippen molar-refractivity contribution in [3.05, 3.63) is 124 Å². The normalized spacial score (nSPS) is 11.3. The van der Waals surface area contributed by atoms with Crippen LogP contribution in [0.3, 0.4) is 0 Å². The molecule has 0 saturated carbocycles. The third-order valence-corrected chi connectivity index (χ3v) is 5.61. The van der Waals surface area contributed by atoms with Gasteiger partial charge in [-0.2, -0.15) is 5.26 Å². The summed E-state index contributed by atoms with van der Waals surface area (Å²) in [6, 6.07) is 26.6. The second-order valence-corrected chi connectivity index (χ2v) is 7.93. The van der Waals surface area contributed by atoms with Gasteiger partial charge in [-0.15, -0.1) is 0 Å². The minimum absolute atomic E-state index is 0.110. The van der Waals surface area contributed by atoms with Crippen molar-refractivity contribution in [2.24, 2.45) is 0 Å². The first-order valence-corrected chi connectivity index (χ1v) is 10.9. The Labute approximate surface area is 201 Å². The highest BCUT2D eigenvalue weighted by Crippen LogP contribution is 2.21. The van der Waals surface area contributed by atoms with Crippen LogP contribution in [-0.2, 0) is 11.2 Å². The Bertz CT molecular complexity index is 1450. The Hall–Kier alpha value is -4.96. The first-order chi connectivity index (χ1) is 16.9. The van der Waals surface area contributed by atoms with E-state index in [0.717, 1.165) is 11.1 Å². The maximum Gasteiger partial charge on any atom is 0.335 e. The highest BCUT2D eigenvalue weighted by atomic mass is 16.4. The molecule has 4 rings (SSSR count). The molecule has 1 heterocycles. The SMILES string of the molecule is N#Cc1ccc(-c2ccn(C(Cc3ccccc3)C(=O)Nc3ccc(C(=O)O)cc3)c(=O)c2)cc1. The lowest BCUT2D eigenvalue weighted by Crippen LogP contribution is -2.34. The topological polar surface area (TPSA) is 112 Å². The van der Waals surface area contributed by atoms with E-state index in [1.54, 1.807) is 36.5 Å². The second kappa shape index (κ2) is 10.3. The number of pyridine rings is 1. The van der Waals surface area contributed by atoms with E-state index in [4.69, 9.17) is 10.4 Å². The smallest absolute Gasteiger partial charge is 0.335 e. The second-order valence-electron chi connectivity index (χ2n) is 7.93. The van der Waals surface area contributed by atoms with Crippen LogP contribution in [0.25, 0.3) is 11.1 Å². The number of nitrogens with zero attached hydrogens (tertiary/aromatic N) is 2. The van der Waals surface area contributed by atoms with Gasteiger partial charge in [-0.3, -0.25) is 9.59 Å². The van der Waals surface area contributed by atoms with E-state index < -0.39 is 17.9 Å². The fourth-order valence-corrected chi connectivity index (χ4v) is 3.74. The number of nitrogens with one attached hydrogen (secondary N) is 1. The lowest BCUT2D eigenvalue weighted by atomic mass is 10.0. The van der Waals surface area contributed by atoms with Crippen LogP contribution in [0.2, 0.25) is 0 Å². The van der Waals surface area contributed by atoms with Crippen molar-refractivity contribution >= 4 is 17.6 Å². The number of nitriles is 1. The monoisotopic (exact) mass is 463 g/mol. The molecule has 4 aromatic rings. The fourth-order valence-electron chi connectivity index (χ4n) is 3.74. The molecule has 35 heavy (non-hydrogen) atoms. The molecule has 1 amide bonds. The molecule has 0 aliphatic heterocycles.